The lowest BCUT2D eigenvalue weighted by molar-refractivity contribution is -0.141. The minimum Gasteiger partial charge on any atom is -0.482 e. The van der Waals surface area contributed by atoms with Crippen LogP contribution in [0, 0.1) is 5.92 Å². The van der Waals surface area contributed by atoms with E-state index in [-0.39, 0.29) is 25.0 Å². The van der Waals surface area contributed by atoms with Crippen molar-refractivity contribution in [3.8, 4) is 5.75 Å². The maximum absolute atomic E-state index is 12.9. The Morgan fingerprint density at radius 3 is 2.88 bits per heavy atom. The molecule has 0 fully saturated rings. The van der Waals surface area contributed by atoms with E-state index in [2.05, 4.69) is 5.32 Å². The Balaban J connectivity index is 2.14. The minimum atomic E-state index is -0.960. The Bertz CT molecular complexity index is 676. The molecule has 0 radical (unpaired) electrons. The number of fused-ring (bicyclic) bond motifs is 1. The molecule has 1 aromatic rings. The van der Waals surface area contributed by atoms with E-state index in [1.807, 2.05) is 6.92 Å². The second kappa shape index (κ2) is 9.19. The molecule has 1 aliphatic heterocycles. The number of carboxylic acid groups (broad SMARTS) is 1. The number of benzene rings is 1. The van der Waals surface area contributed by atoms with Gasteiger partial charge in [-0.25, -0.2) is 0 Å². The predicted molar refractivity (Wildman–Crippen MR) is 94.4 cm³/mol. The second-order valence-corrected chi connectivity index (χ2v) is 6.09. The molecule has 0 saturated heterocycles. The molecule has 26 heavy (non-hydrogen) atoms. The molecule has 8 nitrogen and oxygen atoms in total. The number of nitrogens with one attached hydrogen (secondary N) is 1. The lowest BCUT2D eigenvalue weighted by Gasteiger charge is -2.25. The van der Waals surface area contributed by atoms with Crippen LogP contribution in [0.3, 0.4) is 0 Å². The van der Waals surface area contributed by atoms with Crippen LogP contribution in [0.5, 0.6) is 5.75 Å². The van der Waals surface area contributed by atoms with E-state index in [9.17, 15) is 14.4 Å². The molecule has 0 bridgehead atoms. The fraction of sp³-hybridized carbons (Fsp3) is 0.500. The molecular weight excluding hydrogens is 340 g/mol. The van der Waals surface area contributed by atoms with Gasteiger partial charge in [-0.3, -0.25) is 14.4 Å². The van der Waals surface area contributed by atoms with Crippen molar-refractivity contribution in [2.75, 3.05) is 38.2 Å². The highest BCUT2D eigenvalue weighted by atomic mass is 16.5. The monoisotopic (exact) mass is 364 g/mol. The van der Waals surface area contributed by atoms with E-state index in [1.165, 1.54) is 4.90 Å². The molecule has 1 aliphatic rings. The van der Waals surface area contributed by atoms with Gasteiger partial charge >= 0.3 is 5.97 Å². The Kier molecular flexibility index (Phi) is 6.97. The first kappa shape index (κ1) is 19.7. The molecule has 142 valence electrons. The van der Waals surface area contributed by atoms with Crippen LogP contribution in [0.4, 0.5) is 5.69 Å². The zero-order chi connectivity index (χ0) is 19.1. The highest BCUT2D eigenvalue weighted by Gasteiger charge is 2.23. The highest BCUT2D eigenvalue weighted by Crippen LogP contribution is 2.29. The molecule has 1 heterocycles. The Labute approximate surface area is 152 Å². The Morgan fingerprint density at radius 1 is 1.42 bits per heavy atom. The fourth-order valence-electron chi connectivity index (χ4n) is 2.58. The lowest BCUT2D eigenvalue weighted by Crippen LogP contribution is -2.38. The maximum atomic E-state index is 12.9. The summed E-state index contributed by atoms with van der Waals surface area (Å²) in [7, 11) is 0. The molecule has 1 unspecified atom stereocenters. The second-order valence-electron chi connectivity index (χ2n) is 6.09. The van der Waals surface area contributed by atoms with Gasteiger partial charge < -0.3 is 24.8 Å². The predicted octanol–water partition coefficient (Wildman–Crippen LogP) is 1.61. The van der Waals surface area contributed by atoms with Crippen LogP contribution in [0.15, 0.2) is 18.2 Å². The number of aliphatic carboxylic acids is 1. The number of anilines is 1. The summed E-state index contributed by atoms with van der Waals surface area (Å²) in [6, 6.07) is 4.79. The average Bonchev–Trinajstić information content (AvgIpc) is 2.62. The van der Waals surface area contributed by atoms with Crippen molar-refractivity contribution in [2.45, 2.75) is 20.3 Å². The van der Waals surface area contributed by atoms with Crippen molar-refractivity contribution in [1.82, 2.24) is 4.90 Å². The zero-order valence-corrected chi connectivity index (χ0v) is 15.0. The summed E-state index contributed by atoms with van der Waals surface area (Å²) in [4.78, 5) is 37.0. The number of hydrogen-bond acceptors (Lipinski definition) is 5. The normalized spacial score (nSPS) is 14.0. The van der Waals surface area contributed by atoms with E-state index < -0.39 is 11.9 Å². The smallest absolute Gasteiger partial charge is 0.308 e. The molecule has 2 rings (SSSR count). The average molecular weight is 364 g/mol. The number of hydrogen-bond donors (Lipinski definition) is 2. The number of rotatable bonds is 9. The van der Waals surface area contributed by atoms with Crippen LogP contribution in [0.25, 0.3) is 0 Å². The summed E-state index contributed by atoms with van der Waals surface area (Å²) in [5.74, 6) is -1.72. The summed E-state index contributed by atoms with van der Waals surface area (Å²) in [6.45, 7) is 4.96. The first-order chi connectivity index (χ1) is 12.4. The van der Waals surface area contributed by atoms with E-state index in [4.69, 9.17) is 14.6 Å². The summed E-state index contributed by atoms with van der Waals surface area (Å²) in [5.41, 5.74) is 0.802. The third-order valence-electron chi connectivity index (χ3n) is 3.98. The topological polar surface area (TPSA) is 105 Å². The van der Waals surface area contributed by atoms with Crippen molar-refractivity contribution in [2.24, 2.45) is 5.92 Å². The van der Waals surface area contributed by atoms with Gasteiger partial charge in [0, 0.05) is 31.9 Å². The third kappa shape index (κ3) is 5.19. The van der Waals surface area contributed by atoms with Gasteiger partial charge in [0.25, 0.3) is 11.8 Å². The first-order valence-corrected chi connectivity index (χ1v) is 8.59. The van der Waals surface area contributed by atoms with Gasteiger partial charge in [0.2, 0.25) is 0 Å². The third-order valence-corrected chi connectivity index (χ3v) is 3.98. The molecule has 2 N–H and O–H groups in total. The van der Waals surface area contributed by atoms with Crippen molar-refractivity contribution in [3.05, 3.63) is 23.8 Å². The zero-order valence-electron chi connectivity index (χ0n) is 15.0. The van der Waals surface area contributed by atoms with Crippen LogP contribution in [0.2, 0.25) is 0 Å². The van der Waals surface area contributed by atoms with Gasteiger partial charge in [-0.05, 0) is 31.5 Å². The molecule has 0 saturated carbocycles. The number of carbonyl (C=O) groups excluding carboxylic acids is 2. The molecule has 0 aromatic heterocycles. The van der Waals surface area contributed by atoms with Crippen LogP contribution >= 0.6 is 0 Å². The van der Waals surface area contributed by atoms with Crippen LogP contribution < -0.4 is 10.1 Å². The van der Waals surface area contributed by atoms with Gasteiger partial charge in [-0.1, -0.05) is 6.92 Å². The quantitative estimate of drug-likeness (QED) is 0.645. The first-order valence-electron chi connectivity index (χ1n) is 8.59. The van der Waals surface area contributed by atoms with Crippen molar-refractivity contribution < 1.29 is 29.0 Å². The number of amides is 2. The van der Waals surface area contributed by atoms with Gasteiger partial charge in [0.15, 0.2) is 6.61 Å². The maximum Gasteiger partial charge on any atom is 0.308 e. The molecule has 1 atom stereocenters. The van der Waals surface area contributed by atoms with Crippen molar-refractivity contribution >= 4 is 23.5 Å². The Morgan fingerprint density at radius 2 is 2.19 bits per heavy atom. The number of carbonyl (C=O) groups is 3. The molecule has 8 heteroatoms. The summed E-state index contributed by atoms with van der Waals surface area (Å²) in [6.07, 6.45) is 0.608. The van der Waals surface area contributed by atoms with Gasteiger partial charge in [-0.15, -0.1) is 0 Å². The lowest BCUT2D eigenvalue weighted by atomic mass is 10.1. The molecule has 0 spiro atoms. The van der Waals surface area contributed by atoms with E-state index in [0.717, 1.165) is 0 Å². The molecular formula is C18H24N2O6. The summed E-state index contributed by atoms with van der Waals surface area (Å²) < 4.78 is 10.6. The largest absolute Gasteiger partial charge is 0.482 e. The highest BCUT2D eigenvalue weighted by molar-refractivity contribution is 6.00. The number of ether oxygens (including phenoxy) is 2. The number of carboxylic acids is 1. The van der Waals surface area contributed by atoms with E-state index in [1.54, 1.807) is 25.1 Å². The van der Waals surface area contributed by atoms with Gasteiger partial charge in [0.1, 0.15) is 5.75 Å². The van der Waals surface area contributed by atoms with Gasteiger partial charge in [-0.2, -0.15) is 0 Å². The van der Waals surface area contributed by atoms with E-state index in [0.29, 0.717) is 43.2 Å². The van der Waals surface area contributed by atoms with Crippen LogP contribution in [-0.2, 0) is 14.3 Å². The SMILES string of the molecule is CCOCCCN(CC(C)C(=O)O)C(=O)c1ccc2c(c1)NC(=O)CO2. The van der Waals surface area contributed by atoms with Crippen molar-refractivity contribution in [3.63, 3.8) is 0 Å². The molecule has 0 aliphatic carbocycles. The minimum absolute atomic E-state index is 0.0556. The number of nitrogens with zero attached hydrogens (tertiary/aromatic N) is 1. The van der Waals surface area contributed by atoms with E-state index >= 15 is 0 Å². The fourth-order valence-corrected chi connectivity index (χ4v) is 2.58. The summed E-state index contributed by atoms with van der Waals surface area (Å²) >= 11 is 0. The standard InChI is InChI=1S/C18H24N2O6/c1-3-25-8-4-7-20(10-12(2)18(23)24)17(22)13-5-6-15-14(9-13)19-16(21)11-26-15/h5-6,9,12H,3-4,7-8,10-11H2,1-2H3,(H,19,21)(H,23,24). The van der Waals surface area contributed by atoms with Crippen LogP contribution in [0.1, 0.15) is 30.6 Å². The van der Waals surface area contributed by atoms with Crippen LogP contribution in [-0.4, -0.2) is 60.7 Å². The van der Waals surface area contributed by atoms with Gasteiger partial charge in [0.05, 0.1) is 11.6 Å². The Hall–Kier alpha value is -2.61. The molecule has 1 aromatic carbocycles. The van der Waals surface area contributed by atoms with Crippen molar-refractivity contribution in [1.29, 1.82) is 0 Å². The summed E-state index contributed by atoms with van der Waals surface area (Å²) in [5, 5.41) is 11.8. The molecule has 2 amide bonds.